The summed E-state index contributed by atoms with van der Waals surface area (Å²) in [5.74, 6) is 0.871. The number of methoxy groups -OCH3 is 1. The maximum atomic E-state index is 11.4. The van der Waals surface area contributed by atoms with Gasteiger partial charge in [0, 0.05) is 31.6 Å². The normalized spacial score (nSPS) is 10.4. The van der Waals surface area contributed by atoms with Crippen LogP contribution in [-0.4, -0.2) is 41.0 Å². The zero-order valence-electron chi connectivity index (χ0n) is 12.1. The number of amides is 1. The fourth-order valence-electron chi connectivity index (χ4n) is 1.75. The van der Waals surface area contributed by atoms with Crippen molar-refractivity contribution >= 4 is 11.7 Å². The fraction of sp³-hybridized carbons (Fsp3) is 0.357. The van der Waals surface area contributed by atoms with Crippen LogP contribution < -0.4 is 10.1 Å². The number of nitrogens with one attached hydrogen (secondary N) is 1. The average Bonchev–Trinajstić information content (AvgIpc) is 2.89. The van der Waals surface area contributed by atoms with Gasteiger partial charge in [-0.05, 0) is 12.5 Å². The third-order valence-electron chi connectivity index (χ3n) is 2.62. The predicted molar refractivity (Wildman–Crippen MR) is 77.2 cm³/mol. The minimum absolute atomic E-state index is 0.00959. The summed E-state index contributed by atoms with van der Waals surface area (Å²) in [5, 5.41) is 6.90. The van der Waals surface area contributed by atoms with Gasteiger partial charge in [-0.2, -0.15) is 5.10 Å². The van der Waals surface area contributed by atoms with Crippen molar-refractivity contribution in [1.82, 2.24) is 14.8 Å². The van der Waals surface area contributed by atoms with Crippen LogP contribution in [0.5, 0.6) is 5.88 Å². The zero-order valence-corrected chi connectivity index (χ0v) is 12.1. The fourth-order valence-corrected chi connectivity index (χ4v) is 1.75. The lowest BCUT2D eigenvalue weighted by Crippen LogP contribution is -2.17. The molecule has 7 nitrogen and oxygen atoms in total. The first-order chi connectivity index (χ1) is 10.2. The summed E-state index contributed by atoms with van der Waals surface area (Å²) in [6, 6.07) is 5.49. The Kier molecular flexibility index (Phi) is 5.28. The van der Waals surface area contributed by atoms with Crippen LogP contribution in [0, 0.1) is 0 Å². The number of rotatable bonds is 7. The molecule has 2 rings (SSSR count). The maximum absolute atomic E-state index is 11.4. The second-order valence-corrected chi connectivity index (χ2v) is 4.32. The summed E-state index contributed by atoms with van der Waals surface area (Å²) in [6.07, 6.45) is 3.54. The molecule has 0 saturated heterocycles. The van der Waals surface area contributed by atoms with Crippen molar-refractivity contribution in [3.05, 3.63) is 36.2 Å². The summed E-state index contributed by atoms with van der Waals surface area (Å²) in [7, 11) is 1.47. The average molecular weight is 290 g/mol. The highest BCUT2D eigenvalue weighted by atomic mass is 16.5. The number of ether oxygens (including phenoxy) is 2. The summed E-state index contributed by atoms with van der Waals surface area (Å²) in [4.78, 5) is 15.6. The molecular weight excluding hydrogens is 272 g/mol. The van der Waals surface area contributed by atoms with Crippen molar-refractivity contribution in [3.63, 3.8) is 0 Å². The molecule has 1 N–H and O–H groups in total. The molecule has 0 spiro atoms. The van der Waals surface area contributed by atoms with Crippen LogP contribution in [0.3, 0.4) is 0 Å². The Bertz CT molecular complexity index is 580. The third kappa shape index (κ3) is 4.57. The van der Waals surface area contributed by atoms with E-state index in [2.05, 4.69) is 15.4 Å². The van der Waals surface area contributed by atoms with Gasteiger partial charge in [-0.3, -0.25) is 9.48 Å². The van der Waals surface area contributed by atoms with Crippen molar-refractivity contribution < 1.29 is 14.3 Å². The largest absolute Gasteiger partial charge is 0.478 e. The van der Waals surface area contributed by atoms with Gasteiger partial charge >= 0.3 is 0 Å². The number of anilines is 1. The van der Waals surface area contributed by atoms with Crippen molar-refractivity contribution in [2.24, 2.45) is 0 Å². The number of pyridine rings is 1. The van der Waals surface area contributed by atoms with E-state index in [9.17, 15) is 4.79 Å². The smallest absolute Gasteiger partial charge is 0.251 e. The number of carbonyl (C=O) groups excluding carboxylic acids is 1. The van der Waals surface area contributed by atoms with Crippen LogP contribution >= 0.6 is 0 Å². The lowest BCUT2D eigenvalue weighted by Gasteiger charge is -2.04. The zero-order chi connectivity index (χ0) is 15.1. The number of aromatic nitrogens is 3. The van der Waals surface area contributed by atoms with E-state index in [0.29, 0.717) is 24.8 Å². The first-order valence-electron chi connectivity index (χ1n) is 6.61. The van der Waals surface area contributed by atoms with Crippen molar-refractivity contribution in [1.29, 1.82) is 0 Å². The van der Waals surface area contributed by atoms with Crippen LogP contribution in [0.2, 0.25) is 0 Å². The van der Waals surface area contributed by atoms with Crippen molar-refractivity contribution in [3.8, 4) is 5.88 Å². The van der Waals surface area contributed by atoms with Gasteiger partial charge in [0.1, 0.15) is 6.61 Å². The van der Waals surface area contributed by atoms with E-state index in [4.69, 9.17) is 9.47 Å². The molecular formula is C14H18N4O3. The molecule has 0 radical (unpaired) electrons. The van der Waals surface area contributed by atoms with Crippen LogP contribution in [0.15, 0.2) is 30.6 Å². The summed E-state index contributed by atoms with van der Waals surface area (Å²) >= 11 is 0. The maximum Gasteiger partial charge on any atom is 0.251 e. The molecule has 2 aromatic heterocycles. The van der Waals surface area contributed by atoms with E-state index in [1.165, 1.54) is 7.11 Å². The molecule has 0 fully saturated rings. The molecule has 0 unspecified atom stereocenters. The van der Waals surface area contributed by atoms with Crippen LogP contribution in [0.25, 0.3) is 0 Å². The number of nitrogens with zero attached hydrogens (tertiary/aromatic N) is 3. The molecule has 0 aromatic carbocycles. The van der Waals surface area contributed by atoms with E-state index in [1.54, 1.807) is 23.1 Å². The minimum atomic E-state index is -0.231. The van der Waals surface area contributed by atoms with Crippen molar-refractivity contribution in [2.45, 2.75) is 13.5 Å². The van der Waals surface area contributed by atoms with Crippen LogP contribution in [-0.2, 0) is 16.1 Å². The van der Waals surface area contributed by atoms with E-state index >= 15 is 0 Å². The predicted octanol–water partition coefficient (Wildman–Crippen LogP) is 1.31. The van der Waals surface area contributed by atoms with Crippen LogP contribution in [0.4, 0.5) is 5.82 Å². The Labute approximate surface area is 122 Å². The van der Waals surface area contributed by atoms with Gasteiger partial charge in [-0.15, -0.1) is 0 Å². The summed E-state index contributed by atoms with van der Waals surface area (Å²) < 4.78 is 11.8. The van der Waals surface area contributed by atoms with Crippen molar-refractivity contribution in [2.75, 3.05) is 25.6 Å². The molecule has 0 aliphatic rings. The van der Waals surface area contributed by atoms with Gasteiger partial charge in [0.15, 0.2) is 5.82 Å². The van der Waals surface area contributed by atoms with Crippen LogP contribution in [0.1, 0.15) is 12.5 Å². The number of hydrogen-bond acceptors (Lipinski definition) is 5. The highest BCUT2D eigenvalue weighted by Crippen LogP contribution is 2.10. The second kappa shape index (κ2) is 7.39. The molecule has 0 aliphatic carbocycles. The molecule has 21 heavy (non-hydrogen) atoms. The molecule has 0 saturated carbocycles. The summed E-state index contributed by atoms with van der Waals surface area (Å²) in [5.41, 5.74) is 0.997. The molecule has 112 valence electrons. The molecule has 0 aliphatic heterocycles. The highest BCUT2D eigenvalue weighted by Gasteiger charge is 2.05. The third-order valence-corrected chi connectivity index (χ3v) is 2.62. The lowest BCUT2D eigenvalue weighted by atomic mass is 10.3. The monoisotopic (exact) mass is 290 g/mol. The van der Waals surface area contributed by atoms with Gasteiger partial charge in [0.2, 0.25) is 5.88 Å². The Hall–Kier alpha value is -2.41. The molecule has 0 bridgehead atoms. The molecule has 2 heterocycles. The van der Waals surface area contributed by atoms with Gasteiger partial charge in [-0.25, -0.2) is 4.98 Å². The first kappa shape index (κ1) is 15.0. The Morgan fingerprint density at radius 2 is 2.24 bits per heavy atom. The molecule has 2 aromatic rings. The quantitative estimate of drug-likeness (QED) is 0.832. The number of hydrogen-bond donors (Lipinski definition) is 1. The Balaban J connectivity index is 1.94. The molecule has 7 heteroatoms. The minimum Gasteiger partial charge on any atom is -0.478 e. The Morgan fingerprint density at radius 3 is 2.90 bits per heavy atom. The van der Waals surface area contributed by atoms with E-state index < -0.39 is 0 Å². The first-order valence-corrected chi connectivity index (χ1v) is 6.61. The van der Waals surface area contributed by atoms with Gasteiger partial charge < -0.3 is 14.8 Å². The SMILES string of the molecule is CCOc1ccc(Cn2ccc(NC(=O)COC)n2)cn1. The van der Waals surface area contributed by atoms with E-state index in [0.717, 1.165) is 5.56 Å². The van der Waals surface area contributed by atoms with E-state index in [1.807, 2.05) is 19.1 Å². The lowest BCUT2D eigenvalue weighted by molar-refractivity contribution is -0.119. The van der Waals surface area contributed by atoms with Gasteiger partial charge in [-0.1, -0.05) is 6.07 Å². The molecule has 1 amide bonds. The van der Waals surface area contributed by atoms with Gasteiger partial charge in [0.05, 0.1) is 13.2 Å². The highest BCUT2D eigenvalue weighted by molar-refractivity contribution is 5.90. The second-order valence-electron chi connectivity index (χ2n) is 4.32. The Morgan fingerprint density at radius 1 is 1.38 bits per heavy atom. The summed E-state index contributed by atoms with van der Waals surface area (Å²) in [6.45, 7) is 3.09. The molecule has 0 atom stereocenters. The van der Waals surface area contributed by atoms with Gasteiger partial charge in [0.25, 0.3) is 5.91 Å². The topological polar surface area (TPSA) is 78.3 Å². The standard InChI is InChI=1S/C14H18N4O3/c1-3-21-14-5-4-11(8-15-14)9-18-7-6-12(17-18)16-13(19)10-20-2/h4-8H,3,9-10H2,1-2H3,(H,16,17,19). The number of carbonyl (C=O) groups is 1. The van der Waals surface area contributed by atoms with E-state index in [-0.39, 0.29) is 12.5 Å².